The Bertz CT molecular complexity index is 846. The van der Waals surface area contributed by atoms with Crippen LogP contribution in [0.4, 0.5) is 0 Å². The minimum absolute atomic E-state index is 0.110. The van der Waals surface area contributed by atoms with Crippen LogP contribution in [0.25, 0.3) is 6.08 Å². The van der Waals surface area contributed by atoms with Gasteiger partial charge in [-0.1, -0.05) is 66.1 Å². The van der Waals surface area contributed by atoms with E-state index in [1.54, 1.807) is 11.8 Å². The highest BCUT2D eigenvalue weighted by Gasteiger charge is 2.22. The first kappa shape index (κ1) is 18.0. The lowest BCUT2D eigenvalue weighted by Gasteiger charge is -2.14. The second kappa shape index (κ2) is 8.08. The third-order valence-electron chi connectivity index (χ3n) is 3.28. The molecule has 2 aromatic rings. The van der Waals surface area contributed by atoms with Crippen LogP contribution in [0.1, 0.15) is 19.4 Å². The van der Waals surface area contributed by atoms with Crippen LogP contribution in [0.3, 0.4) is 0 Å². The van der Waals surface area contributed by atoms with E-state index >= 15 is 0 Å². The highest BCUT2D eigenvalue weighted by molar-refractivity contribution is 8.26. The molecular formula is C19H17NO2S3. The minimum atomic E-state index is -0.140. The third kappa shape index (κ3) is 4.66. The van der Waals surface area contributed by atoms with Crippen molar-refractivity contribution >= 4 is 52.0 Å². The number of thioether (sulfide) groups is 1. The predicted molar refractivity (Wildman–Crippen MR) is 109 cm³/mol. The first-order chi connectivity index (χ1) is 12.0. The lowest BCUT2D eigenvalue weighted by Crippen LogP contribution is -2.17. The van der Waals surface area contributed by atoms with Crippen LogP contribution >= 0.6 is 35.7 Å². The Labute approximate surface area is 161 Å². The molecule has 1 aliphatic heterocycles. The molecule has 0 aromatic heterocycles. The molecule has 6 heteroatoms. The highest BCUT2D eigenvalue weighted by Crippen LogP contribution is 2.38. The first-order valence-corrected chi connectivity index (χ1v) is 9.84. The summed E-state index contributed by atoms with van der Waals surface area (Å²) in [5.74, 6) is 0.720. The van der Waals surface area contributed by atoms with Gasteiger partial charge in [0.05, 0.1) is 15.9 Å². The maximum atomic E-state index is 11.9. The third-order valence-corrected chi connectivity index (χ3v) is 5.59. The standard InChI is InChI=1S/C19H17NO2S3/c1-12(2)22-14-8-4-6-10-16(14)24-15-9-5-3-7-13(15)11-17-18(21)20-19(23)25-17/h3-12H,1-2H3,(H,20,21,23). The van der Waals surface area contributed by atoms with Crippen molar-refractivity contribution in [2.45, 2.75) is 29.7 Å². The van der Waals surface area contributed by atoms with E-state index < -0.39 is 0 Å². The fourth-order valence-corrected chi connectivity index (χ4v) is 4.29. The van der Waals surface area contributed by atoms with Crippen molar-refractivity contribution < 1.29 is 9.53 Å². The molecule has 3 nitrogen and oxygen atoms in total. The van der Waals surface area contributed by atoms with Crippen LogP contribution in [0.15, 0.2) is 63.2 Å². The van der Waals surface area contributed by atoms with E-state index in [2.05, 4.69) is 5.32 Å². The van der Waals surface area contributed by atoms with Crippen molar-refractivity contribution in [2.75, 3.05) is 0 Å². The van der Waals surface area contributed by atoms with Gasteiger partial charge in [0.25, 0.3) is 5.91 Å². The highest BCUT2D eigenvalue weighted by atomic mass is 32.2. The monoisotopic (exact) mass is 387 g/mol. The Morgan fingerprint density at radius 2 is 1.80 bits per heavy atom. The van der Waals surface area contributed by atoms with Crippen LogP contribution < -0.4 is 10.1 Å². The van der Waals surface area contributed by atoms with Gasteiger partial charge in [0.15, 0.2) is 0 Å². The maximum Gasteiger partial charge on any atom is 0.263 e. The smallest absolute Gasteiger partial charge is 0.263 e. The van der Waals surface area contributed by atoms with Gasteiger partial charge < -0.3 is 10.1 Å². The van der Waals surface area contributed by atoms with Crippen molar-refractivity contribution in [3.63, 3.8) is 0 Å². The normalized spacial score (nSPS) is 15.7. The molecule has 0 saturated carbocycles. The average Bonchev–Trinajstić information content (AvgIpc) is 2.88. The van der Waals surface area contributed by atoms with Crippen molar-refractivity contribution in [1.29, 1.82) is 0 Å². The summed E-state index contributed by atoms with van der Waals surface area (Å²) in [6.45, 7) is 4.03. The summed E-state index contributed by atoms with van der Waals surface area (Å²) < 4.78 is 6.40. The average molecular weight is 388 g/mol. The molecule has 1 aliphatic rings. The zero-order chi connectivity index (χ0) is 17.8. The lowest BCUT2D eigenvalue weighted by molar-refractivity contribution is -0.115. The van der Waals surface area contributed by atoms with E-state index in [-0.39, 0.29) is 12.0 Å². The van der Waals surface area contributed by atoms with Gasteiger partial charge in [-0.3, -0.25) is 4.79 Å². The molecule has 0 bridgehead atoms. The van der Waals surface area contributed by atoms with Gasteiger partial charge in [-0.15, -0.1) is 0 Å². The number of para-hydroxylation sites is 1. The Kier molecular flexibility index (Phi) is 5.83. The molecule has 1 amide bonds. The number of hydrogen-bond acceptors (Lipinski definition) is 5. The first-order valence-electron chi connectivity index (χ1n) is 7.80. The van der Waals surface area contributed by atoms with E-state index in [4.69, 9.17) is 17.0 Å². The quantitative estimate of drug-likeness (QED) is 0.570. The van der Waals surface area contributed by atoms with Gasteiger partial charge >= 0.3 is 0 Å². The van der Waals surface area contributed by atoms with E-state index in [0.29, 0.717) is 9.23 Å². The van der Waals surface area contributed by atoms with Crippen LogP contribution in [-0.4, -0.2) is 16.3 Å². The van der Waals surface area contributed by atoms with Gasteiger partial charge in [0, 0.05) is 4.90 Å². The van der Waals surface area contributed by atoms with Gasteiger partial charge in [-0.2, -0.15) is 0 Å². The fourth-order valence-electron chi connectivity index (χ4n) is 2.26. The Morgan fingerprint density at radius 3 is 2.48 bits per heavy atom. The number of carbonyl (C=O) groups excluding carboxylic acids is 1. The Hall–Kier alpha value is -1.76. The van der Waals surface area contributed by atoms with Gasteiger partial charge in [-0.25, -0.2) is 0 Å². The van der Waals surface area contributed by atoms with E-state index in [0.717, 1.165) is 21.1 Å². The number of benzene rings is 2. The molecule has 1 fully saturated rings. The zero-order valence-electron chi connectivity index (χ0n) is 13.8. The number of carbonyl (C=O) groups is 1. The predicted octanol–water partition coefficient (Wildman–Crippen LogP) is 5.11. The molecule has 3 rings (SSSR count). The van der Waals surface area contributed by atoms with Crippen LogP contribution in [-0.2, 0) is 4.79 Å². The molecule has 128 valence electrons. The van der Waals surface area contributed by atoms with Gasteiger partial charge in [-0.05, 0) is 43.7 Å². The Balaban J connectivity index is 1.91. The second-order valence-corrected chi connectivity index (χ2v) is 8.41. The van der Waals surface area contributed by atoms with Crippen molar-refractivity contribution in [2.24, 2.45) is 0 Å². The summed E-state index contributed by atoms with van der Waals surface area (Å²) in [6.07, 6.45) is 1.99. The molecule has 0 atom stereocenters. The number of nitrogens with one attached hydrogen (secondary N) is 1. The molecule has 0 radical (unpaired) electrons. The van der Waals surface area contributed by atoms with E-state index in [1.807, 2.05) is 68.5 Å². The second-order valence-electron chi connectivity index (χ2n) is 5.61. The molecular weight excluding hydrogens is 370 g/mol. The number of ether oxygens (including phenoxy) is 1. The minimum Gasteiger partial charge on any atom is -0.490 e. The molecule has 1 heterocycles. The van der Waals surface area contributed by atoms with Crippen LogP contribution in [0.2, 0.25) is 0 Å². The molecule has 25 heavy (non-hydrogen) atoms. The number of rotatable bonds is 5. The zero-order valence-corrected chi connectivity index (χ0v) is 16.3. The lowest BCUT2D eigenvalue weighted by atomic mass is 10.2. The number of thiocarbonyl (C=S) groups is 1. The van der Waals surface area contributed by atoms with Crippen molar-refractivity contribution in [3.05, 3.63) is 59.0 Å². The van der Waals surface area contributed by atoms with Crippen molar-refractivity contribution in [1.82, 2.24) is 5.32 Å². The van der Waals surface area contributed by atoms with E-state index in [1.165, 1.54) is 11.8 Å². The summed E-state index contributed by atoms with van der Waals surface area (Å²) >= 11 is 7.97. The molecule has 0 unspecified atom stereocenters. The summed E-state index contributed by atoms with van der Waals surface area (Å²) in [5, 5.41) is 2.65. The molecule has 0 spiro atoms. The van der Waals surface area contributed by atoms with Crippen molar-refractivity contribution in [3.8, 4) is 5.75 Å². The Morgan fingerprint density at radius 1 is 1.12 bits per heavy atom. The molecule has 1 N–H and O–H groups in total. The topological polar surface area (TPSA) is 38.3 Å². The summed E-state index contributed by atoms with van der Waals surface area (Å²) in [5.41, 5.74) is 0.981. The maximum absolute atomic E-state index is 11.9. The molecule has 0 aliphatic carbocycles. The van der Waals surface area contributed by atoms with Gasteiger partial charge in [0.1, 0.15) is 10.1 Å². The molecule has 1 saturated heterocycles. The SMILES string of the molecule is CC(C)Oc1ccccc1Sc1ccccc1C=C1SC(=S)NC1=O. The summed E-state index contributed by atoms with van der Waals surface area (Å²) in [4.78, 5) is 14.6. The van der Waals surface area contributed by atoms with Gasteiger partial charge in [0.2, 0.25) is 0 Å². The molecule has 2 aromatic carbocycles. The summed E-state index contributed by atoms with van der Waals surface area (Å²) in [7, 11) is 0. The van der Waals surface area contributed by atoms with Crippen LogP contribution in [0, 0.1) is 0 Å². The van der Waals surface area contributed by atoms with Crippen LogP contribution in [0.5, 0.6) is 5.75 Å². The largest absolute Gasteiger partial charge is 0.490 e. The van der Waals surface area contributed by atoms with E-state index in [9.17, 15) is 4.79 Å². The summed E-state index contributed by atoms with van der Waals surface area (Å²) in [6, 6.07) is 16.0. The number of hydrogen-bond donors (Lipinski definition) is 1. The number of amides is 1. The fraction of sp³-hybridized carbons (Fsp3) is 0.158.